The van der Waals surface area contributed by atoms with Crippen molar-refractivity contribution in [1.82, 2.24) is 14.8 Å². The molecule has 4 heteroatoms. The molecule has 1 aliphatic rings. The van der Waals surface area contributed by atoms with Gasteiger partial charge in [-0.25, -0.2) is 0 Å². The van der Waals surface area contributed by atoms with Crippen LogP contribution in [0.2, 0.25) is 5.02 Å². The van der Waals surface area contributed by atoms with Gasteiger partial charge >= 0.3 is 0 Å². The molecule has 2 heterocycles. The third-order valence-electron chi connectivity index (χ3n) is 4.25. The highest BCUT2D eigenvalue weighted by molar-refractivity contribution is 6.31. The molecule has 20 heavy (non-hydrogen) atoms. The number of likely N-dealkylation sites (N-methyl/N-ethyl adjacent to an activating group) is 1. The number of nitrogens with one attached hydrogen (secondary N) is 1. The summed E-state index contributed by atoms with van der Waals surface area (Å²) in [5, 5.41) is 2.09. The molecule has 0 amide bonds. The van der Waals surface area contributed by atoms with Crippen LogP contribution in [-0.4, -0.2) is 54.6 Å². The van der Waals surface area contributed by atoms with Gasteiger partial charge in [0.15, 0.2) is 0 Å². The van der Waals surface area contributed by atoms with Crippen molar-refractivity contribution >= 4 is 22.5 Å². The Balaban J connectivity index is 1.56. The van der Waals surface area contributed by atoms with Gasteiger partial charge in [-0.2, -0.15) is 0 Å². The normalized spacial score (nSPS) is 17.9. The van der Waals surface area contributed by atoms with Gasteiger partial charge in [0.2, 0.25) is 0 Å². The van der Waals surface area contributed by atoms with Gasteiger partial charge in [-0.3, -0.25) is 0 Å². The van der Waals surface area contributed by atoms with Gasteiger partial charge in [-0.1, -0.05) is 11.6 Å². The molecule has 0 atom stereocenters. The maximum atomic E-state index is 6.09. The lowest BCUT2D eigenvalue weighted by Gasteiger charge is -2.32. The predicted octanol–water partition coefficient (Wildman–Crippen LogP) is 3.00. The van der Waals surface area contributed by atoms with Gasteiger partial charge in [0.25, 0.3) is 0 Å². The summed E-state index contributed by atoms with van der Waals surface area (Å²) in [7, 11) is 2.20. The maximum Gasteiger partial charge on any atom is 0.0457 e. The molecule has 108 valence electrons. The summed E-state index contributed by atoms with van der Waals surface area (Å²) in [4.78, 5) is 8.30. The van der Waals surface area contributed by atoms with E-state index in [1.807, 2.05) is 6.07 Å². The lowest BCUT2D eigenvalue weighted by Crippen LogP contribution is -2.44. The van der Waals surface area contributed by atoms with E-state index in [2.05, 4.69) is 40.2 Å². The number of benzene rings is 1. The average molecular weight is 292 g/mol. The number of hydrogen-bond donors (Lipinski definition) is 1. The standard InChI is InChI=1S/C16H22ClN3/c1-19-7-9-20(10-8-19)6-2-3-13-12-18-16-5-4-14(17)11-15(13)16/h4-5,11-12,18H,2-3,6-10H2,1H3. The van der Waals surface area contributed by atoms with Crippen molar-refractivity contribution in [2.45, 2.75) is 12.8 Å². The van der Waals surface area contributed by atoms with Gasteiger partial charge in [-0.15, -0.1) is 0 Å². The Morgan fingerprint density at radius 2 is 2.00 bits per heavy atom. The molecule has 2 aromatic rings. The fourth-order valence-electron chi connectivity index (χ4n) is 2.92. The van der Waals surface area contributed by atoms with Crippen molar-refractivity contribution in [2.75, 3.05) is 39.8 Å². The molecule has 0 unspecified atom stereocenters. The highest BCUT2D eigenvalue weighted by Gasteiger charge is 2.13. The SMILES string of the molecule is CN1CCN(CCCc2c[nH]c3ccc(Cl)cc23)CC1. The van der Waals surface area contributed by atoms with Crippen molar-refractivity contribution in [3.05, 3.63) is 35.0 Å². The van der Waals surface area contributed by atoms with E-state index in [1.165, 1.54) is 55.6 Å². The number of piperazine rings is 1. The highest BCUT2D eigenvalue weighted by Crippen LogP contribution is 2.23. The number of fused-ring (bicyclic) bond motifs is 1. The van der Waals surface area contributed by atoms with Gasteiger partial charge in [0.05, 0.1) is 0 Å². The van der Waals surface area contributed by atoms with Crippen LogP contribution in [0.25, 0.3) is 10.9 Å². The van der Waals surface area contributed by atoms with Crippen LogP contribution in [0.5, 0.6) is 0 Å². The fourth-order valence-corrected chi connectivity index (χ4v) is 3.09. The van der Waals surface area contributed by atoms with E-state index in [1.54, 1.807) is 0 Å². The number of nitrogens with zero attached hydrogens (tertiary/aromatic N) is 2. The summed E-state index contributed by atoms with van der Waals surface area (Å²) < 4.78 is 0. The van der Waals surface area contributed by atoms with Crippen molar-refractivity contribution < 1.29 is 0 Å². The molecule has 0 saturated carbocycles. The summed E-state index contributed by atoms with van der Waals surface area (Å²) in [5.74, 6) is 0. The zero-order valence-electron chi connectivity index (χ0n) is 12.0. The second kappa shape index (κ2) is 6.17. The van der Waals surface area contributed by atoms with E-state index in [0.29, 0.717) is 0 Å². The number of aromatic amines is 1. The van der Waals surface area contributed by atoms with Gasteiger partial charge < -0.3 is 14.8 Å². The summed E-state index contributed by atoms with van der Waals surface area (Å²) >= 11 is 6.09. The molecular formula is C16H22ClN3. The molecule has 1 fully saturated rings. The first-order valence-electron chi connectivity index (χ1n) is 7.39. The summed E-state index contributed by atoms with van der Waals surface area (Å²) in [6.45, 7) is 6.00. The zero-order valence-corrected chi connectivity index (χ0v) is 12.8. The molecule has 1 saturated heterocycles. The van der Waals surface area contributed by atoms with Crippen LogP contribution in [0, 0.1) is 0 Å². The van der Waals surface area contributed by atoms with E-state index in [0.717, 1.165) is 11.4 Å². The number of aromatic nitrogens is 1. The molecule has 0 spiro atoms. The summed E-state index contributed by atoms with van der Waals surface area (Å²) in [6, 6.07) is 6.06. The summed E-state index contributed by atoms with van der Waals surface area (Å²) in [6.07, 6.45) is 4.46. The van der Waals surface area contributed by atoms with Gasteiger partial charge in [0, 0.05) is 48.3 Å². The minimum Gasteiger partial charge on any atom is -0.361 e. The Hall–Kier alpha value is -1.03. The minimum atomic E-state index is 0.817. The van der Waals surface area contributed by atoms with Gasteiger partial charge in [0.1, 0.15) is 0 Å². The largest absolute Gasteiger partial charge is 0.361 e. The molecular weight excluding hydrogens is 270 g/mol. The van der Waals surface area contributed by atoms with Crippen LogP contribution in [-0.2, 0) is 6.42 Å². The summed E-state index contributed by atoms with van der Waals surface area (Å²) in [5.41, 5.74) is 2.57. The van der Waals surface area contributed by atoms with E-state index in [-0.39, 0.29) is 0 Å². The first-order chi connectivity index (χ1) is 9.72. The van der Waals surface area contributed by atoms with Crippen molar-refractivity contribution in [3.8, 4) is 0 Å². The molecule has 0 radical (unpaired) electrons. The topological polar surface area (TPSA) is 22.3 Å². The van der Waals surface area contributed by atoms with Crippen LogP contribution >= 0.6 is 11.6 Å². The molecule has 1 aromatic carbocycles. The van der Waals surface area contributed by atoms with Crippen LogP contribution in [0.15, 0.2) is 24.4 Å². The van der Waals surface area contributed by atoms with Crippen LogP contribution < -0.4 is 0 Å². The lowest BCUT2D eigenvalue weighted by molar-refractivity contribution is 0.153. The second-order valence-electron chi connectivity index (χ2n) is 5.75. The van der Waals surface area contributed by atoms with Crippen molar-refractivity contribution in [2.24, 2.45) is 0 Å². The smallest absolute Gasteiger partial charge is 0.0457 e. The molecule has 3 nitrogen and oxygen atoms in total. The Morgan fingerprint density at radius 1 is 1.20 bits per heavy atom. The highest BCUT2D eigenvalue weighted by atomic mass is 35.5. The average Bonchev–Trinajstić information content (AvgIpc) is 2.84. The maximum absolute atomic E-state index is 6.09. The minimum absolute atomic E-state index is 0.817. The van der Waals surface area contributed by atoms with Crippen LogP contribution in [0.4, 0.5) is 0 Å². The lowest BCUT2D eigenvalue weighted by atomic mass is 10.1. The fraction of sp³-hybridized carbons (Fsp3) is 0.500. The molecule has 0 aliphatic carbocycles. The predicted molar refractivity (Wildman–Crippen MR) is 85.6 cm³/mol. The molecule has 0 bridgehead atoms. The first kappa shape index (κ1) is 13.9. The van der Waals surface area contributed by atoms with E-state index in [4.69, 9.17) is 11.6 Å². The molecule has 3 rings (SSSR count). The number of hydrogen-bond acceptors (Lipinski definition) is 2. The van der Waals surface area contributed by atoms with E-state index >= 15 is 0 Å². The number of H-pyrrole nitrogens is 1. The third-order valence-corrected chi connectivity index (χ3v) is 4.48. The Kier molecular flexibility index (Phi) is 4.29. The third kappa shape index (κ3) is 3.17. The first-order valence-corrected chi connectivity index (χ1v) is 7.76. The Morgan fingerprint density at radius 3 is 2.80 bits per heavy atom. The van der Waals surface area contributed by atoms with Crippen molar-refractivity contribution in [1.29, 1.82) is 0 Å². The number of rotatable bonds is 4. The van der Waals surface area contributed by atoms with Crippen molar-refractivity contribution in [3.63, 3.8) is 0 Å². The van der Waals surface area contributed by atoms with E-state index < -0.39 is 0 Å². The van der Waals surface area contributed by atoms with E-state index in [9.17, 15) is 0 Å². The Bertz CT molecular complexity index is 570. The Labute approximate surface area is 125 Å². The molecule has 1 aromatic heterocycles. The monoisotopic (exact) mass is 291 g/mol. The quantitative estimate of drug-likeness (QED) is 0.935. The van der Waals surface area contributed by atoms with Gasteiger partial charge in [-0.05, 0) is 50.2 Å². The molecule has 1 aliphatic heterocycles. The van der Waals surface area contributed by atoms with Crippen LogP contribution in [0.3, 0.4) is 0 Å². The zero-order chi connectivity index (χ0) is 13.9. The number of halogens is 1. The molecule has 1 N–H and O–H groups in total. The number of aryl methyl sites for hydroxylation is 1. The second-order valence-corrected chi connectivity index (χ2v) is 6.19. The van der Waals surface area contributed by atoms with Crippen LogP contribution in [0.1, 0.15) is 12.0 Å².